The molecule has 1 fully saturated rings. The summed E-state index contributed by atoms with van der Waals surface area (Å²) < 4.78 is 11.8. The maximum Gasteiger partial charge on any atom is 0.348 e. The van der Waals surface area contributed by atoms with Gasteiger partial charge in [-0.25, -0.2) is 4.79 Å². The van der Waals surface area contributed by atoms with E-state index in [1.54, 1.807) is 14.2 Å². The molecule has 4 rings (SSSR count). The number of H-pyrrole nitrogens is 1. The molecule has 2 aromatic carbocycles. The molecule has 0 amide bonds. The molecular formula is C23H28N4O3. The third kappa shape index (κ3) is 4.57. The van der Waals surface area contributed by atoms with E-state index in [9.17, 15) is 4.79 Å². The molecule has 0 radical (unpaired) electrons. The van der Waals surface area contributed by atoms with E-state index >= 15 is 0 Å². The van der Waals surface area contributed by atoms with E-state index in [0.717, 1.165) is 61.9 Å². The normalized spacial score (nSPS) is 17.1. The summed E-state index contributed by atoms with van der Waals surface area (Å²) in [4.78, 5) is 17.9. The minimum Gasteiger partial charge on any atom is -0.497 e. The van der Waals surface area contributed by atoms with Crippen molar-refractivity contribution in [2.24, 2.45) is 0 Å². The highest BCUT2D eigenvalue weighted by Crippen LogP contribution is 2.24. The highest BCUT2D eigenvalue weighted by atomic mass is 16.5. The summed E-state index contributed by atoms with van der Waals surface area (Å²) in [6.45, 7) is 2.98. The zero-order valence-electron chi connectivity index (χ0n) is 17.5. The summed E-state index contributed by atoms with van der Waals surface area (Å²) in [5.41, 5.74) is 1.83. The molecule has 1 N–H and O–H groups in total. The molecule has 3 aromatic rings. The summed E-state index contributed by atoms with van der Waals surface area (Å²) in [7, 11) is 3.31. The van der Waals surface area contributed by atoms with Crippen LogP contribution in [-0.2, 0) is 6.42 Å². The van der Waals surface area contributed by atoms with Gasteiger partial charge in [0.25, 0.3) is 0 Å². The number of hydrogen-bond donors (Lipinski definition) is 1. The van der Waals surface area contributed by atoms with Gasteiger partial charge in [0.1, 0.15) is 17.3 Å². The van der Waals surface area contributed by atoms with E-state index in [1.807, 2.05) is 36.4 Å². The lowest BCUT2D eigenvalue weighted by Crippen LogP contribution is -2.36. The number of methoxy groups -OCH3 is 2. The van der Waals surface area contributed by atoms with Gasteiger partial charge in [0.15, 0.2) is 0 Å². The van der Waals surface area contributed by atoms with Crippen LogP contribution in [0.25, 0.3) is 5.69 Å². The molecule has 1 aliphatic rings. The Balaban J connectivity index is 1.40. The van der Waals surface area contributed by atoms with E-state index in [-0.39, 0.29) is 11.6 Å². The molecule has 0 spiro atoms. The summed E-state index contributed by atoms with van der Waals surface area (Å²) in [5, 5.41) is 4.60. The SMILES string of the molecule is COc1ccc(CCN2CCCC(c3nn(-c4ccc(OC)cc4)c(=O)[nH]3)C2)cc1. The highest BCUT2D eigenvalue weighted by molar-refractivity contribution is 5.36. The largest absolute Gasteiger partial charge is 0.497 e. The lowest BCUT2D eigenvalue weighted by atomic mass is 9.97. The van der Waals surface area contributed by atoms with Gasteiger partial charge in [-0.1, -0.05) is 12.1 Å². The Bertz CT molecular complexity index is 1010. The van der Waals surface area contributed by atoms with Gasteiger partial charge in [0.05, 0.1) is 19.9 Å². The molecule has 1 unspecified atom stereocenters. The lowest BCUT2D eigenvalue weighted by Gasteiger charge is -2.31. The topological polar surface area (TPSA) is 72.4 Å². The van der Waals surface area contributed by atoms with Gasteiger partial charge in [0.2, 0.25) is 0 Å². The van der Waals surface area contributed by atoms with Crippen LogP contribution >= 0.6 is 0 Å². The number of rotatable bonds is 7. The summed E-state index contributed by atoms with van der Waals surface area (Å²) >= 11 is 0. The molecule has 0 saturated carbocycles. The molecule has 0 aliphatic carbocycles. The van der Waals surface area contributed by atoms with Crippen LogP contribution in [-0.4, -0.2) is 53.5 Å². The third-order valence-corrected chi connectivity index (χ3v) is 5.72. The number of piperidine rings is 1. The summed E-state index contributed by atoms with van der Waals surface area (Å²) in [5.74, 6) is 2.64. The molecule has 0 bridgehead atoms. The first-order valence-electron chi connectivity index (χ1n) is 10.3. The molecule has 1 aliphatic heterocycles. The molecule has 7 heteroatoms. The fourth-order valence-electron chi connectivity index (χ4n) is 3.98. The molecule has 7 nitrogen and oxygen atoms in total. The van der Waals surface area contributed by atoms with Crippen molar-refractivity contribution in [2.75, 3.05) is 33.9 Å². The van der Waals surface area contributed by atoms with Crippen LogP contribution in [0.5, 0.6) is 11.5 Å². The van der Waals surface area contributed by atoms with Crippen molar-refractivity contribution in [3.8, 4) is 17.2 Å². The second-order valence-electron chi connectivity index (χ2n) is 7.66. The Labute approximate surface area is 176 Å². The fraction of sp³-hybridized carbons (Fsp3) is 0.391. The number of ether oxygens (including phenoxy) is 2. The van der Waals surface area contributed by atoms with Gasteiger partial charge in [0, 0.05) is 19.0 Å². The van der Waals surface area contributed by atoms with E-state index in [2.05, 4.69) is 27.1 Å². The Kier molecular flexibility index (Phi) is 6.18. The van der Waals surface area contributed by atoms with Crippen molar-refractivity contribution in [1.29, 1.82) is 0 Å². The maximum absolute atomic E-state index is 12.5. The van der Waals surface area contributed by atoms with Crippen LogP contribution in [0.1, 0.15) is 30.1 Å². The predicted molar refractivity (Wildman–Crippen MR) is 116 cm³/mol. The number of likely N-dealkylation sites (tertiary alicyclic amines) is 1. The minimum absolute atomic E-state index is 0.203. The number of nitrogens with zero attached hydrogens (tertiary/aromatic N) is 3. The Morgan fingerprint density at radius 1 is 1.03 bits per heavy atom. The average molecular weight is 409 g/mol. The van der Waals surface area contributed by atoms with E-state index in [1.165, 1.54) is 10.2 Å². The van der Waals surface area contributed by atoms with Crippen LogP contribution in [0.3, 0.4) is 0 Å². The van der Waals surface area contributed by atoms with Gasteiger partial charge in [-0.05, 0) is 67.8 Å². The van der Waals surface area contributed by atoms with Gasteiger partial charge >= 0.3 is 5.69 Å². The van der Waals surface area contributed by atoms with Gasteiger partial charge in [-0.3, -0.25) is 4.98 Å². The first-order chi connectivity index (χ1) is 14.7. The van der Waals surface area contributed by atoms with Gasteiger partial charge in [-0.15, -0.1) is 5.10 Å². The summed E-state index contributed by atoms with van der Waals surface area (Å²) in [6, 6.07) is 15.6. The van der Waals surface area contributed by atoms with Crippen LogP contribution in [0.15, 0.2) is 53.3 Å². The first kappa shape index (κ1) is 20.2. The molecule has 158 valence electrons. The second-order valence-corrected chi connectivity index (χ2v) is 7.66. The quantitative estimate of drug-likeness (QED) is 0.651. The Morgan fingerprint density at radius 2 is 1.70 bits per heavy atom. The van der Waals surface area contributed by atoms with Crippen LogP contribution in [0.4, 0.5) is 0 Å². The van der Waals surface area contributed by atoms with E-state index < -0.39 is 0 Å². The second kappa shape index (κ2) is 9.17. The lowest BCUT2D eigenvalue weighted by molar-refractivity contribution is 0.206. The third-order valence-electron chi connectivity index (χ3n) is 5.72. The Morgan fingerprint density at radius 3 is 2.37 bits per heavy atom. The zero-order valence-corrected chi connectivity index (χ0v) is 17.5. The number of aromatic nitrogens is 3. The van der Waals surface area contributed by atoms with Gasteiger partial charge in [-0.2, -0.15) is 4.68 Å². The molecule has 1 saturated heterocycles. The molecular weight excluding hydrogens is 380 g/mol. The van der Waals surface area contributed by atoms with Crippen LogP contribution in [0.2, 0.25) is 0 Å². The summed E-state index contributed by atoms with van der Waals surface area (Å²) in [6.07, 6.45) is 3.13. The van der Waals surface area contributed by atoms with Crippen molar-refractivity contribution < 1.29 is 9.47 Å². The number of benzene rings is 2. The zero-order chi connectivity index (χ0) is 20.9. The minimum atomic E-state index is -0.203. The van der Waals surface area contributed by atoms with Crippen molar-refractivity contribution in [3.05, 3.63) is 70.4 Å². The predicted octanol–water partition coefficient (Wildman–Crippen LogP) is 3.00. The molecule has 1 atom stereocenters. The monoisotopic (exact) mass is 408 g/mol. The van der Waals surface area contributed by atoms with Crippen molar-refractivity contribution in [1.82, 2.24) is 19.7 Å². The molecule has 2 heterocycles. The number of aromatic amines is 1. The number of nitrogens with one attached hydrogen (secondary N) is 1. The van der Waals surface area contributed by atoms with E-state index in [4.69, 9.17) is 9.47 Å². The standard InChI is InChI=1S/C23H28N4O3/c1-29-20-9-5-17(6-10-20)13-15-26-14-3-4-18(16-26)22-24-23(28)27(25-22)19-7-11-21(30-2)12-8-19/h5-12,18H,3-4,13-16H2,1-2H3,(H,24,25,28). The number of hydrogen-bond acceptors (Lipinski definition) is 5. The van der Waals surface area contributed by atoms with Crippen molar-refractivity contribution >= 4 is 0 Å². The maximum atomic E-state index is 12.5. The van der Waals surface area contributed by atoms with Crippen molar-refractivity contribution in [2.45, 2.75) is 25.2 Å². The smallest absolute Gasteiger partial charge is 0.348 e. The highest BCUT2D eigenvalue weighted by Gasteiger charge is 2.24. The molecule has 30 heavy (non-hydrogen) atoms. The molecule has 1 aromatic heterocycles. The van der Waals surface area contributed by atoms with Crippen LogP contribution < -0.4 is 15.2 Å². The first-order valence-corrected chi connectivity index (χ1v) is 10.3. The Hall–Kier alpha value is -3.06. The fourth-order valence-corrected chi connectivity index (χ4v) is 3.98. The van der Waals surface area contributed by atoms with Gasteiger partial charge < -0.3 is 14.4 Å². The average Bonchev–Trinajstić information content (AvgIpc) is 3.20. The van der Waals surface area contributed by atoms with Crippen molar-refractivity contribution in [3.63, 3.8) is 0 Å². The van der Waals surface area contributed by atoms with E-state index in [0.29, 0.717) is 0 Å². The van der Waals surface area contributed by atoms with Crippen LogP contribution in [0, 0.1) is 0 Å².